The molecule has 0 aliphatic heterocycles. The topological polar surface area (TPSA) is 51.8 Å². The van der Waals surface area contributed by atoms with E-state index in [2.05, 4.69) is 140 Å². The second kappa shape index (κ2) is 13.6. The van der Waals surface area contributed by atoms with Crippen molar-refractivity contribution in [2.24, 2.45) is 0 Å². The van der Waals surface area contributed by atoms with Crippen molar-refractivity contribution in [2.45, 2.75) is 0 Å². The third kappa shape index (κ3) is 5.74. The van der Waals surface area contributed by atoms with Gasteiger partial charge in [0, 0.05) is 38.4 Å². The van der Waals surface area contributed by atoms with E-state index in [4.69, 9.17) is 19.4 Å². The Kier molecular flexibility index (Phi) is 7.78. The van der Waals surface area contributed by atoms with Crippen LogP contribution in [0.15, 0.2) is 205 Å². The fourth-order valence-corrected chi connectivity index (χ4v) is 8.12. The van der Waals surface area contributed by atoms with Gasteiger partial charge in [0.2, 0.25) is 0 Å². The molecule has 11 aromatic rings. The molecule has 4 heteroatoms. The Bertz CT molecular complexity index is 3200. The molecule has 2 heterocycles. The molecule has 11 rings (SSSR count). The fraction of sp³-hybridized carbons (Fsp3) is 0. The third-order valence-corrected chi connectivity index (χ3v) is 11.0. The van der Waals surface area contributed by atoms with E-state index in [9.17, 15) is 0 Å². The summed E-state index contributed by atoms with van der Waals surface area (Å²) in [6.45, 7) is 0. The average molecular weight is 728 g/mol. The van der Waals surface area contributed by atoms with Crippen LogP contribution < -0.4 is 0 Å². The highest BCUT2D eigenvalue weighted by Crippen LogP contribution is 2.43. The molecule has 0 amide bonds. The van der Waals surface area contributed by atoms with E-state index < -0.39 is 0 Å². The summed E-state index contributed by atoms with van der Waals surface area (Å²) in [6, 6.07) is 69.9. The van der Waals surface area contributed by atoms with Gasteiger partial charge in [-0.05, 0) is 50.0 Å². The van der Waals surface area contributed by atoms with Crippen LogP contribution in [0.4, 0.5) is 0 Å². The average Bonchev–Trinajstić information content (AvgIpc) is 3.68. The van der Waals surface area contributed by atoms with Crippen molar-refractivity contribution in [1.82, 2.24) is 15.0 Å². The van der Waals surface area contributed by atoms with Crippen molar-refractivity contribution in [3.63, 3.8) is 0 Å². The van der Waals surface area contributed by atoms with Gasteiger partial charge in [-0.3, -0.25) is 0 Å². The van der Waals surface area contributed by atoms with Crippen LogP contribution in [0.1, 0.15) is 0 Å². The van der Waals surface area contributed by atoms with Gasteiger partial charge in [0.1, 0.15) is 11.2 Å². The van der Waals surface area contributed by atoms with E-state index in [1.165, 1.54) is 21.9 Å². The second-order valence-electron chi connectivity index (χ2n) is 14.4. The molecule has 0 aliphatic rings. The highest BCUT2D eigenvalue weighted by molar-refractivity contribution is 6.21. The first kappa shape index (κ1) is 32.7. The van der Waals surface area contributed by atoms with Crippen molar-refractivity contribution in [3.05, 3.63) is 200 Å². The van der Waals surface area contributed by atoms with Gasteiger partial charge in [-0.25, -0.2) is 15.0 Å². The summed E-state index contributed by atoms with van der Waals surface area (Å²) in [7, 11) is 0. The quantitative estimate of drug-likeness (QED) is 0.171. The minimum atomic E-state index is 0.642. The maximum absolute atomic E-state index is 6.86. The number of rotatable bonds is 6. The summed E-state index contributed by atoms with van der Waals surface area (Å²) in [4.78, 5) is 14.7. The van der Waals surface area contributed by atoms with Gasteiger partial charge >= 0.3 is 0 Å². The summed E-state index contributed by atoms with van der Waals surface area (Å²) in [5, 5.41) is 6.93. The number of hydrogen-bond acceptors (Lipinski definition) is 4. The summed E-state index contributed by atoms with van der Waals surface area (Å²) >= 11 is 0. The minimum absolute atomic E-state index is 0.642. The summed E-state index contributed by atoms with van der Waals surface area (Å²) in [5.41, 5.74) is 11.5. The van der Waals surface area contributed by atoms with Crippen LogP contribution in [0.2, 0.25) is 0 Å². The van der Waals surface area contributed by atoms with E-state index in [-0.39, 0.29) is 0 Å². The number of para-hydroxylation sites is 1. The molecule has 2 aromatic heterocycles. The zero-order valence-corrected chi connectivity index (χ0v) is 30.8. The largest absolute Gasteiger partial charge is 0.455 e. The van der Waals surface area contributed by atoms with Crippen molar-refractivity contribution in [1.29, 1.82) is 0 Å². The molecule has 4 nitrogen and oxygen atoms in total. The Hall–Kier alpha value is -7.69. The number of benzene rings is 9. The maximum atomic E-state index is 6.86. The first-order chi connectivity index (χ1) is 28.2. The van der Waals surface area contributed by atoms with Crippen LogP contribution in [0, 0.1) is 0 Å². The number of fused-ring (bicyclic) bond motifs is 6. The summed E-state index contributed by atoms with van der Waals surface area (Å²) < 4.78 is 6.86. The normalized spacial score (nSPS) is 11.5. The van der Waals surface area contributed by atoms with Gasteiger partial charge in [-0.15, -0.1) is 0 Å². The molecule has 0 N–H and O–H groups in total. The highest BCUT2D eigenvalue weighted by Gasteiger charge is 2.19. The van der Waals surface area contributed by atoms with E-state index in [0.29, 0.717) is 17.5 Å². The molecule has 0 spiro atoms. The Labute approximate surface area is 329 Å². The smallest absolute Gasteiger partial charge is 0.164 e. The van der Waals surface area contributed by atoms with Crippen LogP contribution in [0.5, 0.6) is 0 Å². The molecule has 9 aromatic carbocycles. The van der Waals surface area contributed by atoms with Crippen LogP contribution in [0.3, 0.4) is 0 Å². The monoisotopic (exact) mass is 727 g/mol. The molecule has 57 heavy (non-hydrogen) atoms. The Morgan fingerprint density at radius 2 is 0.702 bits per heavy atom. The van der Waals surface area contributed by atoms with Crippen LogP contribution in [0.25, 0.3) is 111 Å². The zero-order valence-electron chi connectivity index (χ0n) is 30.8. The van der Waals surface area contributed by atoms with Crippen molar-refractivity contribution in [3.8, 4) is 67.5 Å². The lowest BCUT2D eigenvalue weighted by Gasteiger charge is -2.10. The van der Waals surface area contributed by atoms with Crippen molar-refractivity contribution in [2.75, 3.05) is 0 Å². The maximum Gasteiger partial charge on any atom is 0.164 e. The van der Waals surface area contributed by atoms with E-state index in [1.807, 2.05) is 60.7 Å². The van der Waals surface area contributed by atoms with E-state index in [0.717, 1.165) is 71.7 Å². The first-order valence-corrected chi connectivity index (χ1v) is 19.2. The summed E-state index contributed by atoms with van der Waals surface area (Å²) in [5.74, 6) is 1.94. The second-order valence-corrected chi connectivity index (χ2v) is 14.4. The number of hydrogen-bond donors (Lipinski definition) is 0. The molecular formula is C53H33N3O. The molecule has 0 atom stereocenters. The van der Waals surface area contributed by atoms with Crippen LogP contribution in [-0.4, -0.2) is 15.0 Å². The number of nitrogens with zero attached hydrogens (tertiary/aromatic N) is 3. The van der Waals surface area contributed by atoms with Gasteiger partial charge in [-0.1, -0.05) is 194 Å². The molecule has 0 saturated heterocycles. The summed E-state index contributed by atoms with van der Waals surface area (Å²) in [6.07, 6.45) is 0. The lowest BCUT2D eigenvalue weighted by Crippen LogP contribution is -2.00. The minimum Gasteiger partial charge on any atom is -0.455 e. The first-order valence-electron chi connectivity index (χ1n) is 19.2. The van der Waals surface area contributed by atoms with Gasteiger partial charge < -0.3 is 4.42 Å². The number of furan rings is 1. The standard InChI is InChI=1S/C53H33N3O/c1-3-14-38(15-4-1)51-54-52(39-16-5-2-6-17-39)56-53(55-51)40-31-27-35(28-32-40)34-25-29-37(30-26-34)47-33-48-46-24-12-23-45(42-22-11-18-36-13-7-8-19-41(36)42)49(46)57-50(48)44-21-10-9-20-43(44)47/h1-33H. The predicted octanol–water partition coefficient (Wildman–Crippen LogP) is 14.1. The molecule has 0 radical (unpaired) electrons. The molecule has 0 fully saturated rings. The van der Waals surface area contributed by atoms with Crippen molar-refractivity contribution >= 4 is 43.5 Å². The van der Waals surface area contributed by atoms with Gasteiger partial charge in [0.05, 0.1) is 0 Å². The third-order valence-electron chi connectivity index (χ3n) is 11.0. The zero-order chi connectivity index (χ0) is 37.7. The van der Waals surface area contributed by atoms with E-state index >= 15 is 0 Å². The van der Waals surface area contributed by atoms with Gasteiger partial charge in [-0.2, -0.15) is 0 Å². The molecule has 0 bridgehead atoms. The Morgan fingerprint density at radius 3 is 1.35 bits per heavy atom. The molecule has 0 unspecified atom stereocenters. The van der Waals surface area contributed by atoms with Crippen molar-refractivity contribution < 1.29 is 4.42 Å². The van der Waals surface area contributed by atoms with Crippen LogP contribution >= 0.6 is 0 Å². The molecule has 0 saturated carbocycles. The lowest BCUT2D eigenvalue weighted by molar-refractivity contribution is 0.674. The fourth-order valence-electron chi connectivity index (χ4n) is 8.12. The van der Waals surface area contributed by atoms with Crippen LogP contribution in [-0.2, 0) is 0 Å². The Balaban J connectivity index is 0.962. The van der Waals surface area contributed by atoms with E-state index in [1.54, 1.807) is 0 Å². The lowest BCUT2D eigenvalue weighted by atomic mass is 9.93. The highest BCUT2D eigenvalue weighted by atomic mass is 16.3. The van der Waals surface area contributed by atoms with Gasteiger partial charge in [0.25, 0.3) is 0 Å². The SMILES string of the molecule is c1ccc(-c2nc(-c3ccccc3)nc(-c3ccc(-c4ccc(-c5cc6c7cccc(-c8cccc9ccccc89)c7oc6c6ccccc56)cc4)cc3)n2)cc1. The predicted molar refractivity (Wildman–Crippen MR) is 235 cm³/mol. The molecule has 266 valence electrons. The Morgan fingerprint density at radius 1 is 0.263 bits per heavy atom. The molecule has 0 aliphatic carbocycles. The number of aromatic nitrogens is 3. The molecular weight excluding hydrogens is 695 g/mol. The van der Waals surface area contributed by atoms with Gasteiger partial charge in [0.15, 0.2) is 17.5 Å².